The number of carboxylic acid groups (broad SMARTS) is 1. The summed E-state index contributed by atoms with van der Waals surface area (Å²) in [6.07, 6.45) is 3.18. The van der Waals surface area contributed by atoms with Crippen LogP contribution in [-0.2, 0) is 4.79 Å². The zero-order valence-electron chi connectivity index (χ0n) is 15.8. The lowest BCUT2D eigenvalue weighted by Crippen LogP contribution is -2.52. The van der Waals surface area contributed by atoms with Gasteiger partial charge in [-0.3, -0.25) is 9.59 Å². The molecule has 3 nitrogen and oxygen atoms in total. The summed E-state index contributed by atoms with van der Waals surface area (Å²) in [5, 5.41) is 10.1. The van der Waals surface area contributed by atoms with Crippen LogP contribution in [0.3, 0.4) is 0 Å². The van der Waals surface area contributed by atoms with Gasteiger partial charge in [0, 0.05) is 11.0 Å². The number of ketones is 1. The number of hydrogen-bond donors (Lipinski definition) is 1. The quantitative estimate of drug-likeness (QED) is 0.764. The van der Waals surface area contributed by atoms with Crippen molar-refractivity contribution in [1.82, 2.24) is 0 Å². The van der Waals surface area contributed by atoms with E-state index in [1.54, 1.807) is 6.92 Å². The summed E-state index contributed by atoms with van der Waals surface area (Å²) in [5.74, 6) is -0.924. The Morgan fingerprint density at radius 1 is 1.08 bits per heavy atom. The highest BCUT2D eigenvalue weighted by Crippen LogP contribution is 2.57. The van der Waals surface area contributed by atoms with Crippen molar-refractivity contribution in [3.63, 3.8) is 0 Å². The third kappa shape index (κ3) is 2.58. The molecule has 1 aliphatic carbocycles. The first kappa shape index (κ1) is 18.7. The molecule has 0 spiro atoms. The van der Waals surface area contributed by atoms with Crippen molar-refractivity contribution in [2.75, 3.05) is 0 Å². The van der Waals surface area contributed by atoms with E-state index in [-0.39, 0.29) is 11.7 Å². The van der Waals surface area contributed by atoms with Gasteiger partial charge in [-0.25, -0.2) is 0 Å². The van der Waals surface area contributed by atoms with Gasteiger partial charge in [-0.2, -0.15) is 0 Å². The molecule has 0 saturated heterocycles. The van der Waals surface area contributed by atoms with Crippen LogP contribution in [0.15, 0.2) is 12.1 Å². The smallest absolute Gasteiger partial charge is 0.310 e. The van der Waals surface area contributed by atoms with Crippen LogP contribution in [0.4, 0.5) is 0 Å². The van der Waals surface area contributed by atoms with Crippen LogP contribution in [0.2, 0.25) is 0 Å². The van der Waals surface area contributed by atoms with Crippen LogP contribution in [0.25, 0.3) is 0 Å². The Morgan fingerprint density at radius 2 is 1.54 bits per heavy atom. The lowest BCUT2D eigenvalue weighted by Gasteiger charge is -2.45. The fourth-order valence-electron chi connectivity index (χ4n) is 4.74. The molecule has 0 aromatic heterocycles. The first-order valence-corrected chi connectivity index (χ1v) is 8.94. The van der Waals surface area contributed by atoms with E-state index in [4.69, 9.17) is 0 Å². The average molecular weight is 330 g/mol. The molecule has 0 amide bonds. The Hall–Kier alpha value is -1.64. The molecule has 1 N–H and O–H groups in total. The molecular weight excluding hydrogens is 300 g/mol. The molecule has 2 rings (SSSR count). The van der Waals surface area contributed by atoms with Gasteiger partial charge >= 0.3 is 5.97 Å². The summed E-state index contributed by atoms with van der Waals surface area (Å²) in [4.78, 5) is 26.0. The van der Waals surface area contributed by atoms with Crippen molar-refractivity contribution < 1.29 is 14.7 Å². The minimum Gasteiger partial charge on any atom is -0.481 e. The molecule has 1 atom stereocenters. The number of benzene rings is 1. The van der Waals surface area contributed by atoms with Crippen molar-refractivity contribution in [1.29, 1.82) is 0 Å². The van der Waals surface area contributed by atoms with Crippen molar-refractivity contribution in [3.05, 3.63) is 34.4 Å². The third-order valence-corrected chi connectivity index (χ3v) is 6.39. The highest BCUT2D eigenvalue weighted by atomic mass is 16.4. The van der Waals surface area contributed by atoms with Crippen molar-refractivity contribution in [2.24, 2.45) is 16.7 Å². The average Bonchev–Trinajstić information content (AvgIpc) is 2.95. The van der Waals surface area contributed by atoms with Crippen molar-refractivity contribution >= 4 is 11.8 Å². The first-order chi connectivity index (χ1) is 11.1. The number of aliphatic carboxylic acids is 1. The predicted molar refractivity (Wildman–Crippen MR) is 96.5 cm³/mol. The van der Waals surface area contributed by atoms with Crippen LogP contribution >= 0.6 is 0 Å². The van der Waals surface area contributed by atoms with Crippen LogP contribution in [-0.4, -0.2) is 16.9 Å². The van der Waals surface area contributed by atoms with Gasteiger partial charge in [-0.15, -0.1) is 0 Å². The van der Waals surface area contributed by atoms with E-state index in [0.717, 1.165) is 35.1 Å². The molecule has 1 fully saturated rings. The SMILES string of the molecule is Cc1cc(C)c(C(=O)C2(C(C)(C(=O)O)C(C)C)CCCC2)c(C)c1. The molecule has 0 aliphatic heterocycles. The van der Waals surface area contributed by atoms with Gasteiger partial charge in [0.15, 0.2) is 5.78 Å². The van der Waals surface area contributed by atoms with E-state index in [1.807, 2.05) is 46.8 Å². The number of aryl methyl sites for hydroxylation is 3. The minimum atomic E-state index is -1.05. The van der Waals surface area contributed by atoms with Gasteiger partial charge in [0.1, 0.15) is 0 Å². The maximum atomic E-state index is 13.7. The van der Waals surface area contributed by atoms with E-state index in [1.165, 1.54) is 0 Å². The van der Waals surface area contributed by atoms with Gasteiger partial charge in [0.05, 0.1) is 5.41 Å². The Labute approximate surface area is 145 Å². The second kappa shape index (κ2) is 6.34. The highest BCUT2D eigenvalue weighted by Gasteiger charge is 2.60. The summed E-state index contributed by atoms with van der Waals surface area (Å²) in [7, 11) is 0. The molecule has 24 heavy (non-hydrogen) atoms. The molecule has 0 radical (unpaired) electrons. The first-order valence-electron chi connectivity index (χ1n) is 8.94. The molecule has 1 aliphatic rings. The Balaban J connectivity index is 2.68. The summed E-state index contributed by atoms with van der Waals surface area (Å²) < 4.78 is 0. The van der Waals surface area contributed by atoms with E-state index in [0.29, 0.717) is 12.8 Å². The molecule has 1 saturated carbocycles. The van der Waals surface area contributed by atoms with Crippen molar-refractivity contribution in [3.8, 4) is 0 Å². The van der Waals surface area contributed by atoms with Crippen LogP contribution < -0.4 is 0 Å². The minimum absolute atomic E-state index is 0.0357. The van der Waals surface area contributed by atoms with Gasteiger partial charge in [-0.05, 0) is 57.6 Å². The van der Waals surface area contributed by atoms with Gasteiger partial charge in [-0.1, -0.05) is 44.4 Å². The fraction of sp³-hybridized carbons (Fsp3) is 0.619. The Bertz CT molecular complexity index is 643. The van der Waals surface area contributed by atoms with Crippen molar-refractivity contribution in [2.45, 2.75) is 67.2 Å². The van der Waals surface area contributed by atoms with Crippen LogP contribution in [0.5, 0.6) is 0 Å². The third-order valence-electron chi connectivity index (χ3n) is 6.39. The summed E-state index contributed by atoms with van der Waals surface area (Å²) in [6.45, 7) is 11.6. The number of carbonyl (C=O) groups is 2. The molecule has 0 bridgehead atoms. The van der Waals surface area contributed by atoms with Gasteiger partial charge < -0.3 is 5.11 Å². The summed E-state index contributed by atoms with van der Waals surface area (Å²) >= 11 is 0. The Morgan fingerprint density at radius 3 is 1.92 bits per heavy atom. The lowest BCUT2D eigenvalue weighted by molar-refractivity contribution is -0.159. The van der Waals surface area contributed by atoms with E-state index < -0.39 is 16.8 Å². The second-order valence-electron chi connectivity index (χ2n) is 8.05. The zero-order valence-corrected chi connectivity index (χ0v) is 15.8. The van der Waals surface area contributed by atoms with E-state index in [2.05, 4.69) is 0 Å². The normalized spacial score (nSPS) is 19.3. The largest absolute Gasteiger partial charge is 0.481 e. The highest BCUT2D eigenvalue weighted by molar-refractivity contribution is 6.06. The maximum Gasteiger partial charge on any atom is 0.310 e. The maximum absolute atomic E-state index is 13.7. The number of carboxylic acids is 1. The molecule has 1 aromatic carbocycles. The number of hydrogen-bond acceptors (Lipinski definition) is 2. The lowest BCUT2D eigenvalue weighted by atomic mass is 9.55. The standard InChI is InChI=1S/C21H30O3/c1-13(2)20(6,19(23)24)21(9-7-8-10-21)18(22)17-15(4)11-14(3)12-16(17)5/h11-13H,7-10H2,1-6H3,(H,23,24). The molecular formula is C21H30O3. The monoisotopic (exact) mass is 330 g/mol. The summed E-state index contributed by atoms with van der Waals surface area (Å²) in [5.41, 5.74) is 1.92. The topological polar surface area (TPSA) is 54.4 Å². The molecule has 0 heterocycles. The second-order valence-corrected chi connectivity index (χ2v) is 8.05. The molecule has 1 aromatic rings. The number of carbonyl (C=O) groups excluding carboxylic acids is 1. The molecule has 3 heteroatoms. The van der Waals surface area contributed by atoms with E-state index >= 15 is 0 Å². The van der Waals surface area contributed by atoms with Crippen LogP contribution in [0.1, 0.15) is 73.5 Å². The molecule has 1 unspecified atom stereocenters. The van der Waals surface area contributed by atoms with Gasteiger partial charge in [0.2, 0.25) is 0 Å². The summed E-state index contributed by atoms with van der Waals surface area (Å²) in [6, 6.07) is 4.05. The van der Waals surface area contributed by atoms with Gasteiger partial charge in [0.25, 0.3) is 0 Å². The van der Waals surface area contributed by atoms with E-state index in [9.17, 15) is 14.7 Å². The van der Waals surface area contributed by atoms with Crippen LogP contribution in [0, 0.1) is 37.5 Å². The fourth-order valence-corrected chi connectivity index (χ4v) is 4.74. The zero-order chi connectivity index (χ0) is 18.3. The number of rotatable bonds is 5. The Kier molecular flexibility index (Phi) is 4.94. The predicted octanol–water partition coefficient (Wildman–Crippen LogP) is 5.10. The number of Topliss-reactive ketones (excluding diaryl/α,β-unsaturated/α-hetero) is 1. The molecule has 132 valence electrons.